The van der Waals surface area contributed by atoms with E-state index in [1.807, 2.05) is 13.8 Å². The summed E-state index contributed by atoms with van der Waals surface area (Å²) in [4.78, 5) is 23.2. The molecule has 1 unspecified atom stereocenters. The maximum absolute atomic E-state index is 11.8. The summed E-state index contributed by atoms with van der Waals surface area (Å²) < 4.78 is 6.57. The number of carbonyl (C=O) groups excluding carboxylic acids is 1. The summed E-state index contributed by atoms with van der Waals surface area (Å²) in [5, 5.41) is 13.5. The van der Waals surface area contributed by atoms with Crippen LogP contribution in [0.2, 0.25) is 0 Å². The van der Waals surface area contributed by atoms with Crippen LogP contribution in [0.25, 0.3) is 0 Å². The third kappa shape index (κ3) is 3.33. The molecule has 1 rings (SSSR count). The number of hydrogen-bond donors (Lipinski definition) is 1. The molecular weight excluding hydrogens is 248 g/mol. The Hall–Kier alpha value is -1.85. The molecule has 1 aromatic heterocycles. The van der Waals surface area contributed by atoms with Gasteiger partial charge in [0.05, 0.1) is 12.3 Å². The van der Waals surface area contributed by atoms with Crippen LogP contribution in [0.3, 0.4) is 0 Å². The second-order valence-electron chi connectivity index (χ2n) is 4.92. The van der Waals surface area contributed by atoms with E-state index in [1.54, 1.807) is 23.9 Å². The van der Waals surface area contributed by atoms with Crippen molar-refractivity contribution in [1.29, 1.82) is 0 Å². The third-order valence-electron chi connectivity index (χ3n) is 2.93. The SMILES string of the molecule is CCOC(=O)C(C)(Cc1ccn(C(C)C)n1)C(=O)O. The second kappa shape index (κ2) is 5.86. The highest BCUT2D eigenvalue weighted by Crippen LogP contribution is 2.24. The first-order chi connectivity index (χ1) is 8.81. The third-order valence-corrected chi connectivity index (χ3v) is 2.93. The molecule has 19 heavy (non-hydrogen) atoms. The van der Waals surface area contributed by atoms with Crippen molar-refractivity contribution in [2.75, 3.05) is 6.61 Å². The quantitative estimate of drug-likeness (QED) is 0.626. The Kier molecular flexibility index (Phi) is 4.69. The average molecular weight is 268 g/mol. The van der Waals surface area contributed by atoms with Crippen molar-refractivity contribution in [3.05, 3.63) is 18.0 Å². The van der Waals surface area contributed by atoms with E-state index < -0.39 is 17.4 Å². The van der Waals surface area contributed by atoms with Gasteiger partial charge in [0.2, 0.25) is 0 Å². The number of aliphatic carboxylic acids is 1. The Morgan fingerprint density at radius 1 is 1.53 bits per heavy atom. The molecule has 0 fully saturated rings. The number of rotatable bonds is 6. The Morgan fingerprint density at radius 2 is 2.16 bits per heavy atom. The predicted molar refractivity (Wildman–Crippen MR) is 68.7 cm³/mol. The van der Waals surface area contributed by atoms with Gasteiger partial charge in [-0.3, -0.25) is 14.3 Å². The van der Waals surface area contributed by atoms with Crippen LogP contribution in [-0.4, -0.2) is 33.4 Å². The van der Waals surface area contributed by atoms with Gasteiger partial charge in [0.1, 0.15) is 0 Å². The molecule has 1 N–H and O–H groups in total. The molecule has 0 saturated carbocycles. The molecule has 6 nitrogen and oxygen atoms in total. The van der Waals surface area contributed by atoms with Crippen molar-refractivity contribution in [1.82, 2.24) is 9.78 Å². The normalized spacial score (nSPS) is 14.2. The molecule has 0 amide bonds. The molecule has 1 heterocycles. The summed E-state index contributed by atoms with van der Waals surface area (Å²) in [7, 11) is 0. The van der Waals surface area contributed by atoms with E-state index >= 15 is 0 Å². The Labute approximate surface area is 112 Å². The van der Waals surface area contributed by atoms with Crippen molar-refractivity contribution in [2.24, 2.45) is 5.41 Å². The molecule has 1 aromatic rings. The Bertz CT molecular complexity index is 467. The molecular formula is C13H20N2O4. The van der Waals surface area contributed by atoms with E-state index in [1.165, 1.54) is 6.92 Å². The Balaban J connectivity index is 2.95. The van der Waals surface area contributed by atoms with Gasteiger partial charge in [-0.05, 0) is 33.8 Å². The van der Waals surface area contributed by atoms with Crippen LogP contribution in [0.4, 0.5) is 0 Å². The molecule has 0 aromatic carbocycles. The molecule has 0 aliphatic carbocycles. The van der Waals surface area contributed by atoms with E-state index in [2.05, 4.69) is 5.10 Å². The zero-order valence-corrected chi connectivity index (χ0v) is 11.7. The van der Waals surface area contributed by atoms with Gasteiger partial charge in [-0.2, -0.15) is 5.10 Å². The van der Waals surface area contributed by atoms with Crippen LogP contribution >= 0.6 is 0 Å². The minimum Gasteiger partial charge on any atom is -0.480 e. The number of carboxylic acids is 1. The van der Waals surface area contributed by atoms with Crippen molar-refractivity contribution >= 4 is 11.9 Å². The maximum atomic E-state index is 11.8. The molecule has 0 aliphatic heterocycles. The fourth-order valence-corrected chi connectivity index (χ4v) is 1.65. The number of carbonyl (C=O) groups is 2. The number of aromatic nitrogens is 2. The van der Waals surface area contributed by atoms with Crippen LogP contribution in [0.5, 0.6) is 0 Å². The first-order valence-corrected chi connectivity index (χ1v) is 6.26. The monoisotopic (exact) mass is 268 g/mol. The van der Waals surface area contributed by atoms with E-state index in [9.17, 15) is 14.7 Å². The van der Waals surface area contributed by atoms with Crippen molar-refractivity contribution < 1.29 is 19.4 Å². The van der Waals surface area contributed by atoms with Crippen LogP contribution in [0.15, 0.2) is 12.3 Å². The van der Waals surface area contributed by atoms with Crippen LogP contribution in [0, 0.1) is 5.41 Å². The van der Waals surface area contributed by atoms with E-state index in [4.69, 9.17) is 4.74 Å². The molecule has 106 valence electrons. The maximum Gasteiger partial charge on any atom is 0.323 e. The summed E-state index contributed by atoms with van der Waals surface area (Å²) in [6, 6.07) is 1.91. The molecule has 0 spiro atoms. The number of nitrogens with zero attached hydrogens (tertiary/aromatic N) is 2. The van der Waals surface area contributed by atoms with E-state index in [0.29, 0.717) is 5.69 Å². The van der Waals surface area contributed by atoms with Gasteiger partial charge in [0.15, 0.2) is 5.41 Å². The number of ether oxygens (including phenoxy) is 1. The van der Waals surface area contributed by atoms with Gasteiger partial charge in [0.25, 0.3) is 0 Å². The summed E-state index contributed by atoms with van der Waals surface area (Å²) in [5.74, 6) is -1.94. The lowest BCUT2D eigenvalue weighted by Gasteiger charge is -2.21. The first-order valence-electron chi connectivity index (χ1n) is 6.26. The number of esters is 1. The fraction of sp³-hybridized carbons (Fsp3) is 0.615. The molecule has 1 atom stereocenters. The lowest BCUT2D eigenvalue weighted by atomic mass is 9.85. The summed E-state index contributed by atoms with van der Waals surface area (Å²) in [6.07, 6.45) is 1.79. The zero-order valence-electron chi connectivity index (χ0n) is 11.7. The smallest absolute Gasteiger partial charge is 0.323 e. The van der Waals surface area contributed by atoms with Crippen molar-refractivity contribution in [3.8, 4) is 0 Å². The summed E-state index contributed by atoms with van der Waals surface area (Å²) in [5.41, 5.74) is -1.04. The van der Waals surface area contributed by atoms with Gasteiger partial charge in [0, 0.05) is 18.7 Å². The van der Waals surface area contributed by atoms with Crippen LogP contribution in [0.1, 0.15) is 39.4 Å². The minimum atomic E-state index is -1.60. The highest BCUT2D eigenvalue weighted by atomic mass is 16.5. The van der Waals surface area contributed by atoms with Crippen LogP contribution < -0.4 is 0 Å². The summed E-state index contributed by atoms with van der Waals surface area (Å²) >= 11 is 0. The van der Waals surface area contributed by atoms with E-state index in [0.717, 1.165) is 0 Å². The summed E-state index contributed by atoms with van der Waals surface area (Å²) in [6.45, 7) is 7.11. The Morgan fingerprint density at radius 3 is 2.58 bits per heavy atom. The van der Waals surface area contributed by atoms with Crippen molar-refractivity contribution in [2.45, 2.75) is 40.2 Å². The highest BCUT2D eigenvalue weighted by molar-refractivity contribution is 5.98. The largest absolute Gasteiger partial charge is 0.480 e. The van der Waals surface area contributed by atoms with Gasteiger partial charge < -0.3 is 9.84 Å². The highest BCUT2D eigenvalue weighted by Gasteiger charge is 2.43. The predicted octanol–water partition coefficient (Wildman–Crippen LogP) is 1.66. The fourth-order valence-electron chi connectivity index (χ4n) is 1.65. The van der Waals surface area contributed by atoms with E-state index in [-0.39, 0.29) is 19.1 Å². The molecule has 0 bridgehead atoms. The zero-order chi connectivity index (χ0) is 14.6. The van der Waals surface area contributed by atoms with Gasteiger partial charge >= 0.3 is 11.9 Å². The van der Waals surface area contributed by atoms with Crippen molar-refractivity contribution in [3.63, 3.8) is 0 Å². The molecule has 0 saturated heterocycles. The lowest BCUT2D eigenvalue weighted by Crippen LogP contribution is -2.40. The molecule has 0 radical (unpaired) electrons. The minimum absolute atomic E-state index is 0.0148. The average Bonchev–Trinajstić information content (AvgIpc) is 2.77. The standard InChI is InChI=1S/C13H20N2O4/c1-5-19-12(18)13(4,11(16)17)8-10-6-7-15(14-10)9(2)3/h6-7,9H,5,8H2,1-4H3,(H,16,17). The van der Waals surface area contributed by atoms with Gasteiger partial charge in [-0.1, -0.05) is 0 Å². The number of carboxylic acid groups (broad SMARTS) is 1. The van der Waals surface area contributed by atoms with Gasteiger partial charge in [-0.15, -0.1) is 0 Å². The lowest BCUT2D eigenvalue weighted by molar-refractivity contribution is -0.167. The topological polar surface area (TPSA) is 81.4 Å². The van der Waals surface area contributed by atoms with Gasteiger partial charge in [-0.25, -0.2) is 0 Å². The molecule has 0 aliphatic rings. The second-order valence-corrected chi connectivity index (χ2v) is 4.92. The molecule has 6 heteroatoms. The first kappa shape index (κ1) is 15.2. The number of hydrogen-bond acceptors (Lipinski definition) is 4. The van der Waals surface area contributed by atoms with Crippen LogP contribution in [-0.2, 0) is 20.7 Å².